The minimum Gasteiger partial charge on any atom is -0.372 e. The second-order valence-corrected chi connectivity index (χ2v) is 3.70. The van der Waals surface area contributed by atoms with Crippen LogP contribution in [0.5, 0.6) is 0 Å². The summed E-state index contributed by atoms with van der Waals surface area (Å²) in [4.78, 5) is 0. The van der Waals surface area contributed by atoms with Crippen molar-refractivity contribution in [2.24, 2.45) is 11.7 Å². The third kappa shape index (κ3) is 2.52. The number of methoxy groups -OCH3 is 1. The van der Waals surface area contributed by atoms with Gasteiger partial charge in [0, 0.05) is 20.2 Å². The number of rotatable bonds is 5. The first kappa shape index (κ1) is 11.1. The van der Waals surface area contributed by atoms with E-state index < -0.39 is 0 Å². The largest absolute Gasteiger partial charge is 0.372 e. The van der Waals surface area contributed by atoms with E-state index in [2.05, 4.69) is 24.0 Å². The van der Waals surface area contributed by atoms with Crippen molar-refractivity contribution in [2.45, 2.75) is 26.5 Å². The van der Waals surface area contributed by atoms with E-state index in [1.54, 1.807) is 13.4 Å². The Morgan fingerprint density at radius 3 is 2.79 bits per heavy atom. The van der Waals surface area contributed by atoms with E-state index in [1.165, 1.54) is 0 Å². The smallest absolute Gasteiger partial charge is 0.163 e. The summed E-state index contributed by atoms with van der Waals surface area (Å²) < 4.78 is 7.21. The van der Waals surface area contributed by atoms with E-state index in [9.17, 15) is 0 Å². The third-order valence-electron chi connectivity index (χ3n) is 1.99. The molecule has 0 aliphatic rings. The molecule has 0 bridgehead atoms. The number of hydrogen-bond donors (Lipinski definition) is 1. The van der Waals surface area contributed by atoms with E-state index in [-0.39, 0.29) is 6.10 Å². The van der Waals surface area contributed by atoms with E-state index in [4.69, 9.17) is 10.5 Å². The zero-order chi connectivity index (χ0) is 10.6. The molecule has 0 saturated heterocycles. The van der Waals surface area contributed by atoms with Gasteiger partial charge < -0.3 is 15.0 Å². The molecule has 0 fully saturated rings. The zero-order valence-corrected chi connectivity index (χ0v) is 8.97. The Morgan fingerprint density at radius 2 is 2.29 bits per heavy atom. The van der Waals surface area contributed by atoms with Gasteiger partial charge in [0.05, 0.1) is 0 Å². The molecule has 0 spiro atoms. The van der Waals surface area contributed by atoms with Gasteiger partial charge >= 0.3 is 0 Å². The number of hydrogen-bond acceptors (Lipinski definition) is 4. The fourth-order valence-electron chi connectivity index (χ4n) is 1.35. The van der Waals surface area contributed by atoms with Gasteiger partial charge in [-0.15, -0.1) is 10.2 Å². The monoisotopic (exact) mass is 198 g/mol. The van der Waals surface area contributed by atoms with Crippen LogP contribution < -0.4 is 5.73 Å². The number of aromatic nitrogens is 3. The summed E-state index contributed by atoms with van der Waals surface area (Å²) in [6, 6.07) is 0. The van der Waals surface area contributed by atoms with Crippen LogP contribution in [0.1, 0.15) is 25.8 Å². The predicted molar refractivity (Wildman–Crippen MR) is 53.7 cm³/mol. The maximum atomic E-state index is 5.57. The summed E-state index contributed by atoms with van der Waals surface area (Å²) in [6.07, 6.45) is 1.56. The third-order valence-corrected chi connectivity index (χ3v) is 1.99. The molecule has 5 nitrogen and oxygen atoms in total. The van der Waals surface area contributed by atoms with Crippen molar-refractivity contribution in [2.75, 3.05) is 13.7 Å². The molecular formula is C9H18N4O. The molecule has 1 rings (SSSR count). The molecule has 1 heterocycles. The Morgan fingerprint density at radius 1 is 1.57 bits per heavy atom. The highest BCUT2D eigenvalue weighted by atomic mass is 16.5. The molecule has 80 valence electrons. The summed E-state index contributed by atoms with van der Waals surface area (Å²) in [5, 5.41) is 7.89. The van der Waals surface area contributed by atoms with Crippen LogP contribution in [0.3, 0.4) is 0 Å². The average Bonchev–Trinajstić information content (AvgIpc) is 2.55. The highest BCUT2D eigenvalue weighted by Crippen LogP contribution is 2.13. The van der Waals surface area contributed by atoms with Gasteiger partial charge in [-0.3, -0.25) is 0 Å². The van der Waals surface area contributed by atoms with Crippen molar-refractivity contribution >= 4 is 0 Å². The van der Waals surface area contributed by atoms with Crippen LogP contribution in [0.15, 0.2) is 6.33 Å². The molecular weight excluding hydrogens is 180 g/mol. The van der Waals surface area contributed by atoms with Crippen LogP contribution in [-0.2, 0) is 11.3 Å². The molecule has 1 aromatic rings. The number of ether oxygens (including phenoxy) is 1. The molecule has 1 atom stereocenters. The maximum Gasteiger partial charge on any atom is 0.163 e. The first-order chi connectivity index (χ1) is 6.69. The highest BCUT2D eigenvalue weighted by Gasteiger charge is 2.15. The van der Waals surface area contributed by atoms with Crippen molar-refractivity contribution in [3.8, 4) is 0 Å². The molecule has 0 saturated carbocycles. The molecule has 0 radical (unpaired) electrons. The van der Waals surface area contributed by atoms with Crippen molar-refractivity contribution in [3.63, 3.8) is 0 Å². The van der Waals surface area contributed by atoms with E-state index in [1.807, 2.05) is 4.57 Å². The molecule has 1 unspecified atom stereocenters. The summed E-state index contributed by atoms with van der Waals surface area (Å²) in [5.41, 5.74) is 5.57. The van der Waals surface area contributed by atoms with Gasteiger partial charge in [0.1, 0.15) is 12.4 Å². The van der Waals surface area contributed by atoms with Gasteiger partial charge in [-0.1, -0.05) is 13.8 Å². The molecule has 0 aromatic carbocycles. The Hall–Kier alpha value is -0.940. The minimum absolute atomic E-state index is 0.156. The van der Waals surface area contributed by atoms with Crippen LogP contribution >= 0.6 is 0 Å². The lowest BCUT2D eigenvalue weighted by Crippen LogP contribution is -2.20. The lowest BCUT2D eigenvalue weighted by molar-refractivity contribution is 0.0987. The summed E-state index contributed by atoms with van der Waals surface area (Å²) in [6.45, 7) is 5.61. The van der Waals surface area contributed by atoms with Crippen LogP contribution in [0.4, 0.5) is 0 Å². The molecule has 1 aromatic heterocycles. The Labute approximate surface area is 84.3 Å². The van der Waals surface area contributed by atoms with Crippen molar-refractivity contribution < 1.29 is 4.74 Å². The first-order valence-corrected chi connectivity index (χ1v) is 4.79. The van der Waals surface area contributed by atoms with Crippen molar-refractivity contribution in [3.05, 3.63) is 12.2 Å². The fourth-order valence-corrected chi connectivity index (χ4v) is 1.35. The molecule has 2 N–H and O–H groups in total. The van der Waals surface area contributed by atoms with Crippen LogP contribution in [0.2, 0.25) is 0 Å². The average molecular weight is 198 g/mol. The van der Waals surface area contributed by atoms with Gasteiger partial charge in [-0.25, -0.2) is 0 Å². The lowest BCUT2D eigenvalue weighted by Gasteiger charge is -2.14. The second kappa shape index (κ2) is 5.07. The first-order valence-electron chi connectivity index (χ1n) is 4.79. The highest BCUT2D eigenvalue weighted by molar-refractivity contribution is 4.92. The summed E-state index contributed by atoms with van der Waals surface area (Å²) in [7, 11) is 1.63. The van der Waals surface area contributed by atoms with Crippen LogP contribution in [-0.4, -0.2) is 28.4 Å². The fraction of sp³-hybridized carbons (Fsp3) is 0.778. The summed E-state index contributed by atoms with van der Waals surface area (Å²) >= 11 is 0. The normalized spacial score (nSPS) is 13.5. The quantitative estimate of drug-likeness (QED) is 0.751. The minimum atomic E-state index is -0.156. The van der Waals surface area contributed by atoms with Crippen molar-refractivity contribution in [1.29, 1.82) is 0 Å². The predicted octanol–water partition coefficient (Wildman–Crippen LogP) is 0.580. The van der Waals surface area contributed by atoms with Gasteiger partial charge in [-0.05, 0) is 5.92 Å². The Bertz CT molecular complexity index is 268. The topological polar surface area (TPSA) is 66.0 Å². The second-order valence-electron chi connectivity index (χ2n) is 3.70. The Balaban J connectivity index is 2.80. The van der Waals surface area contributed by atoms with Gasteiger partial charge in [0.25, 0.3) is 0 Å². The molecule has 14 heavy (non-hydrogen) atoms. The van der Waals surface area contributed by atoms with E-state index >= 15 is 0 Å². The van der Waals surface area contributed by atoms with Gasteiger partial charge in [-0.2, -0.15) is 0 Å². The van der Waals surface area contributed by atoms with Crippen LogP contribution in [0.25, 0.3) is 0 Å². The standard InChI is InChI=1S/C9H18N4O/c1-7(2)5-13-6-11-12-9(13)8(4-10)14-3/h6-8H,4-5,10H2,1-3H3. The lowest BCUT2D eigenvalue weighted by atomic mass is 10.2. The molecule has 0 aliphatic carbocycles. The molecule has 0 aliphatic heterocycles. The van der Waals surface area contributed by atoms with Crippen molar-refractivity contribution in [1.82, 2.24) is 14.8 Å². The van der Waals surface area contributed by atoms with Crippen LogP contribution in [0, 0.1) is 5.92 Å². The number of nitrogens with two attached hydrogens (primary N) is 1. The molecule has 0 amide bonds. The maximum absolute atomic E-state index is 5.57. The Kier molecular flexibility index (Phi) is 4.03. The summed E-state index contributed by atoms with van der Waals surface area (Å²) in [5.74, 6) is 1.36. The number of nitrogens with zero attached hydrogens (tertiary/aromatic N) is 3. The van der Waals surface area contributed by atoms with E-state index in [0.717, 1.165) is 12.4 Å². The van der Waals surface area contributed by atoms with Gasteiger partial charge in [0.15, 0.2) is 5.82 Å². The SMILES string of the molecule is COC(CN)c1nncn1CC(C)C. The zero-order valence-electron chi connectivity index (χ0n) is 8.97. The molecule has 5 heteroatoms. The van der Waals surface area contributed by atoms with E-state index in [0.29, 0.717) is 12.5 Å². The van der Waals surface area contributed by atoms with Gasteiger partial charge in [0.2, 0.25) is 0 Å².